The molecule has 1 atom stereocenters. The second kappa shape index (κ2) is 7.27. The maximum atomic E-state index is 4.64. The van der Waals surface area contributed by atoms with Crippen LogP contribution < -0.4 is 10.2 Å². The maximum absolute atomic E-state index is 4.64. The monoisotopic (exact) mass is 353 g/mol. The third-order valence-corrected chi connectivity index (χ3v) is 4.56. The number of rotatable bonds is 6. The van der Waals surface area contributed by atoms with Crippen molar-refractivity contribution in [1.29, 1.82) is 0 Å². The Kier molecular flexibility index (Phi) is 5.06. The first kappa shape index (κ1) is 18.1. The number of hydrogen-bond acceptors (Lipinski definition) is 6. The molecule has 0 saturated carbocycles. The standard InChI is InChI=1S/C19H27N7/c1-7-8-12(2)15-11-21-26-17(15)22-14(4)23-19(26)24-16-13(3)9-10-20-18(16)25(5)6/h9-12H,7-8H2,1-6H3,(H,22,23,24). The number of nitrogens with zero attached hydrogens (tertiary/aromatic N) is 6. The summed E-state index contributed by atoms with van der Waals surface area (Å²) in [5, 5.41) is 7.99. The molecular weight excluding hydrogens is 326 g/mol. The Balaban J connectivity index is 2.10. The van der Waals surface area contributed by atoms with E-state index in [-0.39, 0.29) is 0 Å². The number of pyridine rings is 1. The van der Waals surface area contributed by atoms with Crippen LogP contribution in [0.25, 0.3) is 5.65 Å². The van der Waals surface area contributed by atoms with Gasteiger partial charge in [0.15, 0.2) is 11.5 Å². The van der Waals surface area contributed by atoms with Crippen molar-refractivity contribution in [2.45, 2.75) is 46.5 Å². The van der Waals surface area contributed by atoms with E-state index in [0.29, 0.717) is 11.9 Å². The summed E-state index contributed by atoms with van der Waals surface area (Å²) < 4.78 is 1.79. The molecule has 3 rings (SSSR count). The molecule has 26 heavy (non-hydrogen) atoms. The second-order valence-electron chi connectivity index (χ2n) is 6.97. The van der Waals surface area contributed by atoms with Gasteiger partial charge in [0.05, 0.1) is 11.9 Å². The SMILES string of the molecule is CCCC(C)c1cnn2c(Nc3c(C)ccnc3N(C)C)nc(C)nc12. The van der Waals surface area contributed by atoms with E-state index in [2.05, 4.69) is 46.1 Å². The van der Waals surface area contributed by atoms with E-state index in [1.54, 1.807) is 4.52 Å². The topological polar surface area (TPSA) is 71.2 Å². The quantitative estimate of drug-likeness (QED) is 0.726. The molecule has 1 unspecified atom stereocenters. The zero-order valence-electron chi connectivity index (χ0n) is 16.4. The number of fused-ring (bicyclic) bond motifs is 1. The van der Waals surface area contributed by atoms with Crippen LogP contribution in [0.3, 0.4) is 0 Å². The second-order valence-corrected chi connectivity index (χ2v) is 6.97. The smallest absolute Gasteiger partial charge is 0.232 e. The molecule has 0 bridgehead atoms. The van der Waals surface area contributed by atoms with Crippen molar-refractivity contribution in [3.63, 3.8) is 0 Å². The minimum absolute atomic E-state index is 0.414. The van der Waals surface area contributed by atoms with E-state index in [1.807, 2.05) is 44.4 Å². The average Bonchev–Trinajstić information content (AvgIpc) is 3.00. The normalized spacial score (nSPS) is 12.4. The molecule has 0 saturated heterocycles. The lowest BCUT2D eigenvalue weighted by atomic mass is 9.99. The van der Waals surface area contributed by atoms with Gasteiger partial charge in [0.25, 0.3) is 0 Å². The van der Waals surface area contributed by atoms with Gasteiger partial charge in [0, 0.05) is 25.9 Å². The van der Waals surface area contributed by atoms with E-state index in [9.17, 15) is 0 Å². The zero-order valence-corrected chi connectivity index (χ0v) is 16.4. The molecular formula is C19H27N7. The molecule has 3 aromatic rings. The highest BCUT2D eigenvalue weighted by Gasteiger charge is 2.18. The summed E-state index contributed by atoms with van der Waals surface area (Å²) in [6.07, 6.45) is 5.97. The molecule has 0 aliphatic heterocycles. The Morgan fingerprint density at radius 1 is 1.23 bits per heavy atom. The van der Waals surface area contributed by atoms with Crippen molar-refractivity contribution in [1.82, 2.24) is 24.6 Å². The number of aryl methyl sites for hydroxylation is 2. The fourth-order valence-corrected chi connectivity index (χ4v) is 3.17. The highest BCUT2D eigenvalue weighted by atomic mass is 15.4. The predicted molar refractivity (Wildman–Crippen MR) is 105 cm³/mol. The Hall–Kier alpha value is -2.70. The highest BCUT2D eigenvalue weighted by molar-refractivity contribution is 5.73. The minimum atomic E-state index is 0.414. The predicted octanol–water partition coefficient (Wildman–Crippen LogP) is 3.85. The number of nitrogens with one attached hydrogen (secondary N) is 1. The van der Waals surface area contributed by atoms with Crippen LogP contribution in [-0.4, -0.2) is 38.7 Å². The van der Waals surface area contributed by atoms with Gasteiger partial charge < -0.3 is 10.2 Å². The number of anilines is 3. The van der Waals surface area contributed by atoms with E-state index in [0.717, 1.165) is 46.9 Å². The summed E-state index contributed by atoms with van der Waals surface area (Å²) in [5.74, 6) is 2.65. The average molecular weight is 353 g/mol. The molecule has 3 heterocycles. The van der Waals surface area contributed by atoms with Crippen molar-refractivity contribution in [2.24, 2.45) is 0 Å². The van der Waals surface area contributed by atoms with Gasteiger partial charge in [0.1, 0.15) is 5.82 Å². The Bertz CT molecular complexity index is 914. The maximum Gasteiger partial charge on any atom is 0.232 e. The van der Waals surface area contributed by atoms with E-state index < -0.39 is 0 Å². The molecule has 0 amide bonds. The first-order valence-corrected chi connectivity index (χ1v) is 9.04. The minimum Gasteiger partial charge on any atom is -0.361 e. The van der Waals surface area contributed by atoms with Crippen LogP contribution in [0.4, 0.5) is 17.5 Å². The molecule has 7 heteroatoms. The van der Waals surface area contributed by atoms with Crippen LogP contribution in [-0.2, 0) is 0 Å². The van der Waals surface area contributed by atoms with Gasteiger partial charge in [0.2, 0.25) is 5.95 Å². The highest BCUT2D eigenvalue weighted by Crippen LogP contribution is 2.30. The summed E-state index contributed by atoms with van der Waals surface area (Å²) in [4.78, 5) is 15.7. The lowest BCUT2D eigenvalue weighted by Gasteiger charge is -2.19. The van der Waals surface area contributed by atoms with Gasteiger partial charge >= 0.3 is 0 Å². The molecule has 0 radical (unpaired) electrons. The van der Waals surface area contributed by atoms with E-state index >= 15 is 0 Å². The van der Waals surface area contributed by atoms with Crippen molar-refractivity contribution in [3.8, 4) is 0 Å². The summed E-state index contributed by atoms with van der Waals surface area (Å²) in [5.41, 5.74) is 4.06. The van der Waals surface area contributed by atoms with E-state index in [1.165, 1.54) is 0 Å². The number of hydrogen-bond donors (Lipinski definition) is 1. The molecule has 0 spiro atoms. The molecule has 0 aliphatic carbocycles. The summed E-state index contributed by atoms with van der Waals surface area (Å²) in [7, 11) is 3.96. The van der Waals surface area contributed by atoms with E-state index in [4.69, 9.17) is 0 Å². The fraction of sp³-hybridized carbons (Fsp3) is 0.474. The lowest BCUT2D eigenvalue weighted by molar-refractivity contribution is 0.667. The Labute approximate surface area is 154 Å². The number of aromatic nitrogens is 5. The summed E-state index contributed by atoms with van der Waals surface area (Å²) in [6.45, 7) is 8.39. The van der Waals surface area contributed by atoms with Crippen molar-refractivity contribution >= 4 is 23.1 Å². The summed E-state index contributed by atoms with van der Waals surface area (Å²) in [6, 6.07) is 1.98. The Morgan fingerprint density at radius 2 is 2.00 bits per heavy atom. The summed E-state index contributed by atoms with van der Waals surface area (Å²) >= 11 is 0. The van der Waals surface area contributed by atoms with Crippen LogP contribution >= 0.6 is 0 Å². The molecule has 0 fully saturated rings. The van der Waals surface area contributed by atoms with Gasteiger partial charge in [-0.15, -0.1) is 0 Å². The molecule has 0 aromatic carbocycles. The third kappa shape index (κ3) is 3.34. The van der Waals surface area contributed by atoms with Crippen molar-refractivity contribution < 1.29 is 0 Å². The van der Waals surface area contributed by atoms with Crippen LogP contribution in [0.15, 0.2) is 18.5 Å². The molecule has 138 valence electrons. The van der Waals surface area contributed by atoms with Gasteiger partial charge in [-0.25, -0.2) is 9.97 Å². The molecule has 0 aliphatic rings. The van der Waals surface area contributed by atoms with Gasteiger partial charge in [-0.05, 0) is 37.8 Å². The molecule has 7 nitrogen and oxygen atoms in total. The van der Waals surface area contributed by atoms with Gasteiger partial charge in [-0.1, -0.05) is 20.3 Å². The molecule has 3 aromatic heterocycles. The fourth-order valence-electron chi connectivity index (χ4n) is 3.17. The van der Waals surface area contributed by atoms with Crippen LogP contribution in [0, 0.1) is 13.8 Å². The van der Waals surface area contributed by atoms with Crippen LogP contribution in [0.2, 0.25) is 0 Å². The largest absolute Gasteiger partial charge is 0.361 e. The van der Waals surface area contributed by atoms with Crippen molar-refractivity contribution in [3.05, 3.63) is 35.4 Å². The van der Waals surface area contributed by atoms with Gasteiger partial charge in [-0.3, -0.25) is 0 Å². The first-order chi connectivity index (χ1) is 12.4. The third-order valence-electron chi connectivity index (χ3n) is 4.56. The first-order valence-electron chi connectivity index (χ1n) is 9.04. The Morgan fingerprint density at radius 3 is 2.69 bits per heavy atom. The lowest BCUT2D eigenvalue weighted by Crippen LogP contribution is -2.15. The van der Waals surface area contributed by atoms with Gasteiger partial charge in [-0.2, -0.15) is 14.6 Å². The van der Waals surface area contributed by atoms with Crippen LogP contribution in [0.1, 0.15) is 49.6 Å². The zero-order chi connectivity index (χ0) is 18.8. The van der Waals surface area contributed by atoms with Crippen molar-refractivity contribution in [2.75, 3.05) is 24.3 Å². The molecule has 1 N–H and O–H groups in total. The van der Waals surface area contributed by atoms with Crippen LogP contribution in [0.5, 0.6) is 0 Å².